The van der Waals surface area contributed by atoms with Crippen LogP contribution in [0.3, 0.4) is 0 Å². The van der Waals surface area contributed by atoms with Gasteiger partial charge in [0, 0.05) is 17.1 Å². The number of amides is 2. The number of rotatable bonds is 7. The van der Waals surface area contributed by atoms with E-state index < -0.39 is 12.1 Å². The summed E-state index contributed by atoms with van der Waals surface area (Å²) >= 11 is 5.83. The molecule has 0 radical (unpaired) electrons. The van der Waals surface area contributed by atoms with Gasteiger partial charge in [-0.1, -0.05) is 37.6 Å². The molecule has 28 heavy (non-hydrogen) atoms. The Hall–Kier alpha value is -2.86. The van der Waals surface area contributed by atoms with Gasteiger partial charge in [-0.25, -0.2) is 4.79 Å². The number of anilines is 1. The number of halogens is 1. The number of esters is 1. The minimum atomic E-state index is -0.953. The molecule has 0 aliphatic rings. The number of nitrogens with one attached hydrogen (secondary N) is 2. The molecule has 0 spiro atoms. The van der Waals surface area contributed by atoms with Gasteiger partial charge in [-0.05, 0) is 49.2 Å². The summed E-state index contributed by atoms with van der Waals surface area (Å²) in [4.78, 5) is 36.9. The predicted molar refractivity (Wildman–Crippen MR) is 109 cm³/mol. The molecule has 2 aromatic carbocycles. The van der Waals surface area contributed by atoms with Crippen molar-refractivity contribution in [2.45, 2.75) is 26.9 Å². The van der Waals surface area contributed by atoms with Gasteiger partial charge >= 0.3 is 5.97 Å². The second-order valence-electron chi connectivity index (χ2n) is 6.69. The zero-order valence-electron chi connectivity index (χ0n) is 16.0. The van der Waals surface area contributed by atoms with Gasteiger partial charge in [0.05, 0.1) is 11.3 Å². The van der Waals surface area contributed by atoms with Crippen molar-refractivity contribution in [2.75, 3.05) is 11.9 Å². The Labute approximate surface area is 169 Å². The average molecular weight is 403 g/mol. The number of para-hydroxylation sites is 1. The first-order valence-corrected chi connectivity index (χ1v) is 9.30. The molecule has 148 valence electrons. The van der Waals surface area contributed by atoms with Crippen LogP contribution in [0.25, 0.3) is 0 Å². The summed E-state index contributed by atoms with van der Waals surface area (Å²) in [6, 6.07) is 12.8. The largest absolute Gasteiger partial charge is 0.449 e. The Morgan fingerprint density at radius 3 is 2.29 bits per heavy atom. The lowest BCUT2D eigenvalue weighted by Gasteiger charge is -2.16. The van der Waals surface area contributed by atoms with Gasteiger partial charge in [0.2, 0.25) is 0 Å². The Bertz CT molecular complexity index is 850. The molecule has 0 unspecified atom stereocenters. The van der Waals surface area contributed by atoms with Crippen molar-refractivity contribution in [3.63, 3.8) is 0 Å². The van der Waals surface area contributed by atoms with Crippen molar-refractivity contribution in [3.05, 3.63) is 64.7 Å². The van der Waals surface area contributed by atoms with Crippen LogP contribution in [0, 0.1) is 5.92 Å². The van der Waals surface area contributed by atoms with Crippen molar-refractivity contribution in [3.8, 4) is 0 Å². The van der Waals surface area contributed by atoms with E-state index in [1.165, 1.54) is 13.0 Å². The van der Waals surface area contributed by atoms with Crippen LogP contribution in [0.2, 0.25) is 5.02 Å². The summed E-state index contributed by atoms with van der Waals surface area (Å²) in [5.74, 6) is -1.17. The van der Waals surface area contributed by atoms with Crippen LogP contribution >= 0.6 is 11.6 Å². The van der Waals surface area contributed by atoms with Gasteiger partial charge < -0.3 is 15.4 Å². The van der Waals surface area contributed by atoms with Gasteiger partial charge in [-0.3, -0.25) is 9.59 Å². The zero-order valence-corrected chi connectivity index (χ0v) is 16.7. The fraction of sp³-hybridized carbons (Fsp3) is 0.286. The quantitative estimate of drug-likeness (QED) is 0.687. The van der Waals surface area contributed by atoms with E-state index in [1.807, 2.05) is 13.8 Å². The molecule has 0 aromatic heterocycles. The fourth-order valence-electron chi connectivity index (χ4n) is 2.29. The molecule has 0 saturated heterocycles. The highest BCUT2D eigenvalue weighted by atomic mass is 35.5. The van der Waals surface area contributed by atoms with Crippen molar-refractivity contribution in [1.29, 1.82) is 0 Å². The molecule has 0 heterocycles. The topological polar surface area (TPSA) is 84.5 Å². The number of hydrogen-bond donors (Lipinski definition) is 2. The molecule has 0 fully saturated rings. The molecule has 2 aromatic rings. The summed E-state index contributed by atoms with van der Waals surface area (Å²) in [5.41, 5.74) is 0.851. The number of ether oxygens (including phenoxy) is 1. The Balaban J connectivity index is 2.08. The fourth-order valence-corrected chi connectivity index (χ4v) is 2.42. The van der Waals surface area contributed by atoms with E-state index in [0.29, 0.717) is 22.8 Å². The highest BCUT2D eigenvalue weighted by Crippen LogP contribution is 2.19. The van der Waals surface area contributed by atoms with Crippen molar-refractivity contribution < 1.29 is 19.1 Å². The minimum absolute atomic E-state index is 0.160. The van der Waals surface area contributed by atoms with E-state index in [-0.39, 0.29) is 23.3 Å². The normalized spacial score (nSPS) is 11.6. The van der Waals surface area contributed by atoms with Crippen LogP contribution in [0.1, 0.15) is 41.5 Å². The Kier molecular flexibility index (Phi) is 7.58. The number of carbonyl (C=O) groups is 3. The molecular weight excluding hydrogens is 380 g/mol. The van der Waals surface area contributed by atoms with Crippen LogP contribution < -0.4 is 10.6 Å². The number of hydrogen-bond acceptors (Lipinski definition) is 4. The average Bonchev–Trinajstić information content (AvgIpc) is 2.66. The highest BCUT2D eigenvalue weighted by molar-refractivity contribution is 6.30. The first-order chi connectivity index (χ1) is 13.3. The summed E-state index contributed by atoms with van der Waals surface area (Å²) < 4.78 is 5.25. The smallest absolute Gasteiger partial charge is 0.341 e. The van der Waals surface area contributed by atoms with Gasteiger partial charge in [-0.15, -0.1) is 0 Å². The summed E-state index contributed by atoms with van der Waals surface area (Å²) in [5, 5.41) is 5.92. The van der Waals surface area contributed by atoms with E-state index in [4.69, 9.17) is 16.3 Å². The van der Waals surface area contributed by atoms with Crippen LogP contribution in [-0.2, 0) is 9.53 Å². The van der Waals surface area contributed by atoms with E-state index in [2.05, 4.69) is 10.6 Å². The molecule has 0 aliphatic carbocycles. The summed E-state index contributed by atoms with van der Waals surface area (Å²) in [7, 11) is 0. The molecule has 6 nitrogen and oxygen atoms in total. The second kappa shape index (κ2) is 9.90. The third-order valence-electron chi connectivity index (χ3n) is 3.84. The second-order valence-corrected chi connectivity index (χ2v) is 7.13. The molecule has 0 saturated carbocycles. The minimum Gasteiger partial charge on any atom is -0.449 e. The van der Waals surface area contributed by atoms with Crippen LogP contribution in [0.15, 0.2) is 48.5 Å². The lowest BCUT2D eigenvalue weighted by Crippen LogP contribution is -2.37. The molecule has 2 N–H and O–H groups in total. The van der Waals surface area contributed by atoms with Gasteiger partial charge in [0.15, 0.2) is 6.10 Å². The highest BCUT2D eigenvalue weighted by Gasteiger charge is 2.21. The molecule has 0 bridgehead atoms. The van der Waals surface area contributed by atoms with Crippen LogP contribution in [0.4, 0.5) is 5.69 Å². The molecule has 0 aliphatic heterocycles. The first-order valence-electron chi connectivity index (χ1n) is 8.92. The maximum atomic E-state index is 12.5. The van der Waals surface area contributed by atoms with Crippen molar-refractivity contribution in [1.82, 2.24) is 5.32 Å². The third kappa shape index (κ3) is 6.09. The first kappa shape index (κ1) is 21.4. The molecule has 2 rings (SSSR count). The summed E-state index contributed by atoms with van der Waals surface area (Å²) in [6.07, 6.45) is -0.953. The van der Waals surface area contributed by atoms with Gasteiger partial charge in [0.25, 0.3) is 11.8 Å². The molecular formula is C21H23ClN2O4. The zero-order chi connectivity index (χ0) is 20.7. The van der Waals surface area contributed by atoms with E-state index in [9.17, 15) is 14.4 Å². The van der Waals surface area contributed by atoms with Crippen LogP contribution in [-0.4, -0.2) is 30.4 Å². The lowest BCUT2D eigenvalue weighted by molar-refractivity contribution is -0.129. The van der Waals surface area contributed by atoms with E-state index in [0.717, 1.165) is 0 Å². The maximum Gasteiger partial charge on any atom is 0.341 e. The maximum absolute atomic E-state index is 12.5. The molecule has 2 amide bonds. The molecule has 1 atom stereocenters. The Morgan fingerprint density at radius 2 is 1.64 bits per heavy atom. The van der Waals surface area contributed by atoms with Crippen LogP contribution in [0.5, 0.6) is 0 Å². The summed E-state index contributed by atoms with van der Waals surface area (Å²) in [6.45, 7) is 5.93. The van der Waals surface area contributed by atoms with E-state index in [1.54, 1.807) is 42.5 Å². The standard InChI is InChI=1S/C21H23ClN2O4/c1-13(2)12-23-19(25)14(3)28-21(27)17-6-4-5-7-18(17)24-20(26)15-8-10-16(22)11-9-15/h4-11,13-14H,12H2,1-3H3,(H,23,25)(H,24,26)/t14-/m0/s1. The van der Waals surface area contributed by atoms with Crippen molar-refractivity contribution >= 4 is 35.1 Å². The number of carbonyl (C=O) groups excluding carboxylic acids is 3. The monoisotopic (exact) mass is 402 g/mol. The predicted octanol–water partition coefficient (Wildman–Crippen LogP) is 3.91. The number of benzene rings is 2. The van der Waals surface area contributed by atoms with Gasteiger partial charge in [-0.2, -0.15) is 0 Å². The molecule has 7 heteroatoms. The van der Waals surface area contributed by atoms with Crippen molar-refractivity contribution in [2.24, 2.45) is 5.92 Å². The third-order valence-corrected chi connectivity index (χ3v) is 4.09. The van der Waals surface area contributed by atoms with E-state index >= 15 is 0 Å². The van der Waals surface area contributed by atoms with Gasteiger partial charge in [0.1, 0.15) is 0 Å². The Morgan fingerprint density at radius 1 is 1.00 bits per heavy atom. The SMILES string of the molecule is CC(C)CNC(=O)[C@H](C)OC(=O)c1ccccc1NC(=O)c1ccc(Cl)cc1. The lowest BCUT2D eigenvalue weighted by atomic mass is 10.1.